The number of hydrogen-bond acceptors (Lipinski definition) is 3. The summed E-state index contributed by atoms with van der Waals surface area (Å²) >= 11 is 0. The highest BCUT2D eigenvalue weighted by Gasteiger charge is 2.33. The van der Waals surface area contributed by atoms with Crippen LogP contribution in [0.1, 0.15) is 16.8 Å². The van der Waals surface area contributed by atoms with E-state index in [1.54, 1.807) is 12.1 Å². The Labute approximate surface area is 117 Å². The number of halogens is 4. The molecule has 3 nitrogen and oxygen atoms in total. The molecule has 2 aromatic rings. The van der Waals surface area contributed by atoms with E-state index in [1.807, 2.05) is 0 Å². The van der Waals surface area contributed by atoms with Crippen molar-refractivity contribution in [1.82, 2.24) is 4.98 Å². The molecule has 108 valence electrons. The van der Waals surface area contributed by atoms with E-state index in [4.69, 9.17) is 5.26 Å². The van der Waals surface area contributed by atoms with E-state index in [1.165, 1.54) is 18.2 Å². The summed E-state index contributed by atoms with van der Waals surface area (Å²) in [5, 5.41) is 11.5. The monoisotopic (exact) mass is 295 g/mol. The first-order chi connectivity index (χ1) is 9.90. The van der Waals surface area contributed by atoms with Gasteiger partial charge in [-0.05, 0) is 29.8 Å². The molecular weight excluding hydrogens is 286 g/mol. The van der Waals surface area contributed by atoms with Crippen molar-refractivity contribution < 1.29 is 17.6 Å². The SMILES string of the molecule is N#Cc1ccc(C(F)(F)F)nc1NCc1cccc(F)c1. The normalized spacial score (nSPS) is 11.0. The summed E-state index contributed by atoms with van der Waals surface area (Å²) in [6, 6.07) is 9.13. The van der Waals surface area contributed by atoms with Crippen LogP contribution in [-0.2, 0) is 12.7 Å². The van der Waals surface area contributed by atoms with E-state index in [9.17, 15) is 17.6 Å². The highest BCUT2D eigenvalue weighted by Crippen LogP contribution is 2.29. The van der Waals surface area contributed by atoms with Gasteiger partial charge in [0.2, 0.25) is 0 Å². The number of aromatic nitrogens is 1. The van der Waals surface area contributed by atoms with Crippen LogP contribution < -0.4 is 5.32 Å². The minimum Gasteiger partial charge on any atom is -0.365 e. The zero-order valence-electron chi connectivity index (χ0n) is 10.6. The largest absolute Gasteiger partial charge is 0.433 e. The predicted molar refractivity (Wildman–Crippen MR) is 67.7 cm³/mol. The van der Waals surface area contributed by atoms with Crippen LogP contribution >= 0.6 is 0 Å². The lowest BCUT2D eigenvalue weighted by Gasteiger charge is -2.11. The van der Waals surface area contributed by atoms with Crippen molar-refractivity contribution in [3.8, 4) is 6.07 Å². The highest BCUT2D eigenvalue weighted by atomic mass is 19.4. The molecule has 0 saturated heterocycles. The third-order valence-corrected chi connectivity index (χ3v) is 2.66. The molecule has 0 saturated carbocycles. The van der Waals surface area contributed by atoms with Crippen molar-refractivity contribution in [3.05, 3.63) is 59.0 Å². The van der Waals surface area contributed by atoms with Gasteiger partial charge in [-0.3, -0.25) is 0 Å². The lowest BCUT2D eigenvalue weighted by molar-refractivity contribution is -0.141. The van der Waals surface area contributed by atoms with Crippen molar-refractivity contribution in [2.75, 3.05) is 5.32 Å². The second-order valence-corrected chi connectivity index (χ2v) is 4.19. The molecule has 0 radical (unpaired) electrons. The summed E-state index contributed by atoms with van der Waals surface area (Å²) in [7, 11) is 0. The maximum absolute atomic E-state index is 13.0. The van der Waals surface area contributed by atoms with E-state index in [0.717, 1.165) is 12.1 Å². The lowest BCUT2D eigenvalue weighted by atomic mass is 10.2. The highest BCUT2D eigenvalue weighted by molar-refractivity contribution is 5.52. The number of hydrogen-bond donors (Lipinski definition) is 1. The Kier molecular flexibility index (Phi) is 4.08. The molecular formula is C14H9F4N3. The maximum Gasteiger partial charge on any atom is 0.433 e. The third kappa shape index (κ3) is 3.69. The molecule has 0 bridgehead atoms. The van der Waals surface area contributed by atoms with Crippen molar-refractivity contribution in [1.29, 1.82) is 5.26 Å². The Hall–Kier alpha value is -2.62. The number of pyridine rings is 1. The average Bonchev–Trinajstić information content (AvgIpc) is 2.44. The van der Waals surface area contributed by atoms with Crippen LogP contribution in [-0.4, -0.2) is 4.98 Å². The molecule has 1 N–H and O–H groups in total. The van der Waals surface area contributed by atoms with Crippen LogP contribution in [0.4, 0.5) is 23.4 Å². The van der Waals surface area contributed by atoms with Gasteiger partial charge < -0.3 is 5.32 Å². The van der Waals surface area contributed by atoms with Gasteiger partial charge in [0, 0.05) is 6.54 Å². The fourth-order valence-corrected chi connectivity index (χ4v) is 1.67. The fraction of sp³-hybridized carbons (Fsp3) is 0.143. The number of nitrogens with one attached hydrogen (secondary N) is 1. The Bertz CT molecular complexity index is 689. The molecule has 2 rings (SSSR count). The summed E-state index contributed by atoms with van der Waals surface area (Å²) in [4.78, 5) is 3.40. The summed E-state index contributed by atoms with van der Waals surface area (Å²) in [6.07, 6.45) is -4.59. The van der Waals surface area contributed by atoms with E-state index in [-0.39, 0.29) is 17.9 Å². The van der Waals surface area contributed by atoms with Gasteiger partial charge in [0.25, 0.3) is 0 Å². The Balaban J connectivity index is 2.24. The summed E-state index contributed by atoms with van der Waals surface area (Å²) in [5.41, 5.74) is -0.583. The first-order valence-corrected chi connectivity index (χ1v) is 5.87. The van der Waals surface area contributed by atoms with Gasteiger partial charge in [-0.15, -0.1) is 0 Å². The standard InChI is InChI=1S/C14H9F4N3/c15-11-3-1-2-9(6-11)8-20-13-10(7-19)4-5-12(21-13)14(16,17)18/h1-6H,8H2,(H,20,21). The van der Waals surface area contributed by atoms with Crippen LogP contribution in [0, 0.1) is 17.1 Å². The van der Waals surface area contributed by atoms with Crippen molar-refractivity contribution in [2.24, 2.45) is 0 Å². The van der Waals surface area contributed by atoms with Crippen LogP contribution in [0.25, 0.3) is 0 Å². The van der Waals surface area contributed by atoms with Gasteiger partial charge in [0.05, 0.1) is 5.56 Å². The summed E-state index contributed by atoms with van der Waals surface area (Å²) in [6.45, 7) is 0.0563. The van der Waals surface area contributed by atoms with E-state index in [0.29, 0.717) is 5.56 Å². The van der Waals surface area contributed by atoms with Gasteiger partial charge in [-0.25, -0.2) is 9.37 Å². The number of nitriles is 1. The first kappa shape index (κ1) is 14.8. The molecule has 0 aliphatic rings. The van der Waals surface area contributed by atoms with Crippen LogP contribution in [0.2, 0.25) is 0 Å². The maximum atomic E-state index is 13.0. The van der Waals surface area contributed by atoms with E-state index >= 15 is 0 Å². The second kappa shape index (κ2) is 5.79. The minimum absolute atomic E-state index is 0.0144. The van der Waals surface area contributed by atoms with Gasteiger partial charge >= 0.3 is 6.18 Å². The van der Waals surface area contributed by atoms with Crippen LogP contribution in [0.15, 0.2) is 36.4 Å². The number of benzene rings is 1. The smallest absolute Gasteiger partial charge is 0.365 e. The molecule has 0 unspecified atom stereocenters. The number of alkyl halides is 3. The molecule has 1 aromatic carbocycles. The Morgan fingerprint density at radius 3 is 2.57 bits per heavy atom. The second-order valence-electron chi connectivity index (χ2n) is 4.19. The molecule has 1 aromatic heterocycles. The quantitative estimate of drug-likeness (QED) is 0.878. The van der Waals surface area contributed by atoms with Gasteiger partial charge in [0.15, 0.2) is 0 Å². The fourth-order valence-electron chi connectivity index (χ4n) is 1.67. The third-order valence-electron chi connectivity index (χ3n) is 2.66. The van der Waals surface area contributed by atoms with Crippen LogP contribution in [0.5, 0.6) is 0 Å². The Morgan fingerprint density at radius 1 is 1.19 bits per heavy atom. The van der Waals surface area contributed by atoms with E-state index < -0.39 is 17.7 Å². The molecule has 0 atom stereocenters. The van der Waals surface area contributed by atoms with E-state index in [2.05, 4.69) is 10.3 Å². The predicted octanol–water partition coefficient (Wildman–Crippen LogP) is 3.72. The van der Waals surface area contributed by atoms with Gasteiger partial charge in [-0.1, -0.05) is 12.1 Å². The molecule has 0 fully saturated rings. The first-order valence-electron chi connectivity index (χ1n) is 5.87. The Morgan fingerprint density at radius 2 is 1.95 bits per heavy atom. The molecule has 7 heteroatoms. The number of nitrogens with zero attached hydrogens (tertiary/aromatic N) is 2. The molecule has 0 aliphatic heterocycles. The zero-order valence-corrected chi connectivity index (χ0v) is 10.6. The average molecular weight is 295 g/mol. The van der Waals surface area contributed by atoms with Crippen molar-refractivity contribution in [2.45, 2.75) is 12.7 Å². The van der Waals surface area contributed by atoms with Gasteiger partial charge in [0.1, 0.15) is 23.4 Å². The molecule has 1 heterocycles. The topological polar surface area (TPSA) is 48.7 Å². The zero-order chi connectivity index (χ0) is 15.5. The molecule has 0 amide bonds. The molecule has 0 spiro atoms. The number of rotatable bonds is 3. The van der Waals surface area contributed by atoms with Crippen molar-refractivity contribution >= 4 is 5.82 Å². The van der Waals surface area contributed by atoms with Gasteiger partial charge in [-0.2, -0.15) is 18.4 Å². The van der Waals surface area contributed by atoms with Crippen molar-refractivity contribution in [3.63, 3.8) is 0 Å². The summed E-state index contributed by atoms with van der Waals surface area (Å²) < 4.78 is 50.8. The minimum atomic E-state index is -4.59. The summed E-state index contributed by atoms with van der Waals surface area (Å²) in [5.74, 6) is -0.636. The molecule has 0 aliphatic carbocycles. The lowest BCUT2D eigenvalue weighted by Crippen LogP contribution is -2.11. The van der Waals surface area contributed by atoms with Crippen LogP contribution in [0.3, 0.4) is 0 Å². The number of anilines is 1. The molecule has 21 heavy (non-hydrogen) atoms.